The Labute approximate surface area is 154 Å². The summed E-state index contributed by atoms with van der Waals surface area (Å²) in [5.74, 6) is 1.18. The van der Waals surface area contributed by atoms with Gasteiger partial charge < -0.3 is 19.1 Å². The average Bonchev–Trinajstić information content (AvgIpc) is 2.68. The van der Waals surface area contributed by atoms with Gasteiger partial charge in [-0.05, 0) is 37.6 Å². The van der Waals surface area contributed by atoms with Crippen LogP contribution in [0.2, 0.25) is 0 Å². The molecule has 26 heavy (non-hydrogen) atoms. The molecule has 1 atom stereocenters. The molecule has 1 fully saturated rings. The van der Waals surface area contributed by atoms with Gasteiger partial charge in [-0.25, -0.2) is 0 Å². The lowest BCUT2D eigenvalue weighted by Crippen LogP contribution is -2.42. The van der Waals surface area contributed by atoms with Crippen LogP contribution in [0.25, 0.3) is 0 Å². The van der Waals surface area contributed by atoms with Gasteiger partial charge in [0.05, 0.1) is 26.4 Å². The zero-order valence-corrected chi connectivity index (χ0v) is 15.5. The monoisotopic (exact) mass is 355 g/mol. The number of carbonyl (C=O) groups is 1. The number of nitrogens with zero attached hydrogens (tertiary/aromatic N) is 1. The summed E-state index contributed by atoms with van der Waals surface area (Å²) in [6.07, 6.45) is -0.0596. The standard InChI is InChI=1S/C21H25NO4/c1-15(2)26-18-10-9-17(13-19(18)24-3)21(23)22-11-12-25-20(14-22)16-7-5-4-6-8-16/h4-10,13,15,20H,11-12,14H2,1-3H3. The van der Waals surface area contributed by atoms with Gasteiger partial charge in [0.2, 0.25) is 0 Å². The highest BCUT2D eigenvalue weighted by molar-refractivity contribution is 5.95. The molecule has 0 aliphatic carbocycles. The topological polar surface area (TPSA) is 48.0 Å². The van der Waals surface area contributed by atoms with E-state index in [4.69, 9.17) is 14.2 Å². The lowest BCUT2D eigenvalue weighted by Gasteiger charge is -2.33. The summed E-state index contributed by atoms with van der Waals surface area (Å²) < 4.78 is 17.0. The van der Waals surface area contributed by atoms with E-state index in [1.165, 1.54) is 0 Å². The fourth-order valence-electron chi connectivity index (χ4n) is 3.04. The van der Waals surface area contributed by atoms with Crippen LogP contribution in [-0.4, -0.2) is 43.7 Å². The summed E-state index contributed by atoms with van der Waals surface area (Å²) in [4.78, 5) is 14.8. The number of hydrogen-bond donors (Lipinski definition) is 0. The van der Waals surface area contributed by atoms with E-state index in [0.29, 0.717) is 36.8 Å². The van der Waals surface area contributed by atoms with Gasteiger partial charge in [-0.3, -0.25) is 4.79 Å². The fraction of sp³-hybridized carbons (Fsp3) is 0.381. The van der Waals surface area contributed by atoms with Gasteiger partial charge >= 0.3 is 0 Å². The molecular formula is C21H25NO4. The first-order chi connectivity index (χ1) is 12.6. The van der Waals surface area contributed by atoms with Gasteiger partial charge in [-0.1, -0.05) is 30.3 Å². The third kappa shape index (κ3) is 4.17. The molecule has 1 aliphatic heterocycles. The molecule has 0 aromatic heterocycles. The third-order valence-corrected chi connectivity index (χ3v) is 4.30. The van der Waals surface area contributed by atoms with Crippen LogP contribution < -0.4 is 9.47 Å². The number of carbonyl (C=O) groups excluding carboxylic acids is 1. The van der Waals surface area contributed by atoms with Gasteiger partial charge in [0.1, 0.15) is 6.10 Å². The number of amides is 1. The van der Waals surface area contributed by atoms with Crippen LogP contribution in [-0.2, 0) is 4.74 Å². The van der Waals surface area contributed by atoms with Crippen LogP contribution in [0.15, 0.2) is 48.5 Å². The smallest absolute Gasteiger partial charge is 0.254 e. The van der Waals surface area contributed by atoms with Crippen LogP contribution >= 0.6 is 0 Å². The maximum Gasteiger partial charge on any atom is 0.254 e. The second-order valence-electron chi connectivity index (χ2n) is 6.55. The molecule has 0 N–H and O–H groups in total. The Kier molecular flexibility index (Phi) is 5.78. The highest BCUT2D eigenvalue weighted by atomic mass is 16.5. The minimum atomic E-state index is -0.0978. The highest BCUT2D eigenvalue weighted by Crippen LogP contribution is 2.30. The predicted octanol–water partition coefficient (Wildman–Crippen LogP) is 3.70. The molecule has 0 saturated carbocycles. The van der Waals surface area contributed by atoms with Crippen molar-refractivity contribution in [3.63, 3.8) is 0 Å². The van der Waals surface area contributed by atoms with Gasteiger partial charge in [0, 0.05) is 12.1 Å². The Hall–Kier alpha value is -2.53. The maximum absolute atomic E-state index is 13.0. The molecule has 1 aliphatic rings. The van der Waals surface area contributed by atoms with Crippen molar-refractivity contribution in [3.8, 4) is 11.5 Å². The van der Waals surface area contributed by atoms with E-state index in [2.05, 4.69) is 0 Å². The van der Waals surface area contributed by atoms with Crippen molar-refractivity contribution in [2.75, 3.05) is 26.8 Å². The lowest BCUT2D eigenvalue weighted by atomic mass is 10.1. The molecular weight excluding hydrogens is 330 g/mol. The zero-order valence-electron chi connectivity index (χ0n) is 15.5. The van der Waals surface area contributed by atoms with Crippen molar-refractivity contribution in [2.24, 2.45) is 0 Å². The van der Waals surface area contributed by atoms with Gasteiger partial charge in [-0.15, -0.1) is 0 Å². The van der Waals surface area contributed by atoms with Crippen molar-refractivity contribution < 1.29 is 19.0 Å². The second kappa shape index (κ2) is 8.23. The Balaban J connectivity index is 1.76. The van der Waals surface area contributed by atoms with E-state index in [-0.39, 0.29) is 18.1 Å². The number of rotatable bonds is 5. The minimum absolute atomic E-state index is 0.0244. The van der Waals surface area contributed by atoms with Crippen LogP contribution in [0.1, 0.15) is 35.9 Å². The maximum atomic E-state index is 13.0. The van der Waals surface area contributed by atoms with Crippen molar-refractivity contribution in [2.45, 2.75) is 26.1 Å². The number of benzene rings is 2. The molecule has 1 unspecified atom stereocenters. The number of morpholine rings is 1. The molecule has 0 radical (unpaired) electrons. The van der Waals surface area contributed by atoms with Crippen LogP contribution in [0.3, 0.4) is 0 Å². The zero-order chi connectivity index (χ0) is 18.5. The predicted molar refractivity (Wildman–Crippen MR) is 99.8 cm³/mol. The third-order valence-electron chi connectivity index (χ3n) is 4.30. The van der Waals surface area contributed by atoms with E-state index in [1.807, 2.05) is 49.1 Å². The first-order valence-corrected chi connectivity index (χ1v) is 8.89. The van der Waals surface area contributed by atoms with Crippen molar-refractivity contribution >= 4 is 5.91 Å². The van der Waals surface area contributed by atoms with E-state index in [0.717, 1.165) is 5.56 Å². The molecule has 138 valence electrons. The van der Waals surface area contributed by atoms with E-state index < -0.39 is 0 Å². The van der Waals surface area contributed by atoms with Crippen molar-refractivity contribution in [3.05, 3.63) is 59.7 Å². The van der Waals surface area contributed by atoms with Gasteiger partial charge in [0.15, 0.2) is 11.5 Å². The van der Waals surface area contributed by atoms with Crippen molar-refractivity contribution in [1.29, 1.82) is 0 Å². The minimum Gasteiger partial charge on any atom is -0.493 e. The van der Waals surface area contributed by atoms with Gasteiger partial charge in [0.25, 0.3) is 5.91 Å². The first kappa shape index (κ1) is 18.3. The molecule has 5 heteroatoms. The molecule has 0 spiro atoms. The molecule has 1 heterocycles. The summed E-state index contributed by atoms with van der Waals surface area (Å²) in [6, 6.07) is 15.3. The van der Waals surface area contributed by atoms with Crippen molar-refractivity contribution in [1.82, 2.24) is 4.90 Å². The molecule has 5 nitrogen and oxygen atoms in total. The van der Waals surface area contributed by atoms with Crippen LogP contribution in [0.5, 0.6) is 11.5 Å². The van der Waals surface area contributed by atoms with Crippen LogP contribution in [0.4, 0.5) is 0 Å². The quantitative estimate of drug-likeness (QED) is 0.821. The number of ether oxygens (including phenoxy) is 3. The SMILES string of the molecule is COc1cc(C(=O)N2CCOC(c3ccccc3)C2)ccc1OC(C)C. The van der Waals surface area contributed by atoms with E-state index >= 15 is 0 Å². The Morgan fingerprint density at radius 2 is 1.92 bits per heavy atom. The first-order valence-electron chi connectivity index (χ1n) is 8.89. The molecule has 0 bridgehead atoms. The normalized spacial score (nSPS) is 17.2. The van der Waals surface area contributed by atoms with Crippen LogP contribution in [0, 0.1) is 0 Å². The van der Waals surface area contributed by atoms with Gasteiger partial charge in [-0.2, -0.15) is 0 Å². The molecule has 3 rings (SSSR count). The summed E-state index contributed by atoms with van der Waals surface area (Å²) in [6.45, 7) is 5.55. The Morgan fingerprint density at radius 1 is 1.15 bits per heavy atom. The lowest BCUT2D eigenvalue weighted by molar-refractivity contribution is -0.0228. The molecule has 2 aromatic carbocycles. The molecule has 1 amide bonds. The molecule has 2 aromatic rings. The summed E-state index contributed by atoms with van der Waals surface area (Å²) in [5.41, 5.74) is 1.68. The summed E-state index contributed by atoms with van der Waals surface area (Å²) >= 11 is 0. The molecule has 1 saturated heterocycles. The summed E-state index contributed by atoms with van der Waals surface area (Å²) in [5, 5.41) is 0. The summed E-state index contributed by atoms with van der Waals surface area (Å²) in [7, 11) is 1.58. The van der Waals surface area contributed by atoms with E-state index in [1.54, 1.807) is 25.3 Å². The highest BCUT2D eigenvalue weighted by Gasteiger charge is 2.26. The number of hydrogen-bond acceptors (Lipinski definition) is 4. The Bertz CT molecular complexity index is 745. The number of methoxy groups -OCH3 is 1. The fourth-order valence-corrected chi connectivity index (χ4v) is 3.04. The second-order valence-corrected chi connectivity index (χ2v) is 6.55. The largest absolute Gasteiger partial charge is 0.493 e. The Morgan fingerprint density at radius 3 is 2.62 bits per heavy atom. The van der Waals surface area contributed by atoms with E-state index in [9.17, 15) is 4.79 Å². The average molecular weight is 355 g/mol.